The number of amides is 4. The van der Waals surface area contributed by atoms with Gasteiger partial charge in [0, 0.05) is 12.8 Å². The molecule has 0 aliphatic carbocycles. The van der Waals surface area contributed by atoms with E-state index in [1.54, 1.807) is 30.3 Å². The van der Waals surface area contributed by atoms with E-state index >= 15 is 0 Å². The van der Waals surface area contributed by atoms with Gasteiger partial charge in [0.2, 0.25) is 23.6 Å². The molecule has 0 saturated heterocycles. The molecule has 36 heavy (non-hydrogen) atoms. The zero-order valence-corrected chi connectivity index (χ0v) is 20.0. The lowest BCUT2D eigenvalue weighted by molar-refractivity contribution is -0.142. The van der Waals surface area contributed by atoms with Crippen LogP contribution in [-0.2, 0) is 30.4 Å². The third-order valence-electron chi connectivity index (χ3n) is 5.33. The number of hydrogen-bond donors (Lipinski definition) is 8. The molecule has 11 N–H and O–H groups in total. The van der Waals surface area contributed by atoms with Gasteiger partial charge in [-0.15, -0.1) is 0 Å². The predicted octanol–water partition coefficient (Wildman–Crippen LogP) is -2.52. The van der Waals surface area contributed by atoms with E-state index in [1.807, 2.05) is 0 Å². The Morgan fingerprint density at radius 1 is 0.833 bits per heavy atom. The van der Waals surface area contributed by atoms with Crippen LogP contribution in [0.4, 0.5) is 0 Å². The zero-order chi connectivity index (χ0) is 27.1. The summed E-state index contributed by atoms with van der Waals surface area (Å²) in [7, 11) is 0. The van der Waals surface area contributed by atoms with Crippen molar-refractivity contribution in [2.45, 2.75) is 62.7 Å². The first-order valence-corrected chi connectivity index (χ1v) is 11.6. The number of nitrogens with two attached hydrogens (primary N) is 3. The van der Waals surface area contributed by atoms with Crippen molar-refractivity contribution in [1.29, 1.82) is 0 Å². The standard InChI is InChI=1S/C23H36N6O7/c24-11-5-4-8-16(23(35)36)27-22(34)18(13-30)29-21(33)17(12-14-6-2-1-3-7-14)28-20(32)15(25)9-10-19(26)31/h1-3,6-7,15-18,30H,4-5,8-13,24-25H2,(H2,26,31)(H,27,34)(H,28,32)(H,29,33)(H,35,36). The van der Waals surface area contributed by atoms with Crippen LogP contribution in [0.15, 0.2) is 30.3 Å². The van der Waals surface area contributed by atoms with Crippen LogP contribution in [0.1, 0.15) is 37.7 Å². The number of aliphatic hydroxyl groups excluding tert-OH is 1. The number of carboxylic acid groups (broad SMARTS) is 1. The lowest BCUT2D eigenvalue weighted by Gasteiger charge is -2.24. The molecule has 13 heteroatoms. The Kier molecular flexibility index (Phi) is 13.7. The Morgan fingerprint density at radius 3 is 1.97 bits per heavy atom. The molecule has 0 saturated carbocycles. The van der Waals surface area contributed by atoms with Crippen LogP contribution in [0, 0.1) is 0 Å². The van der Waals surface area contributed by atoms with E-state index in [-0.39, 0.29) is 25.7 Å². The number of rotatable bonds is 17. The lowest BCUT2D eigenvalue weighted by Crippen LogP contribution is -2.58. The minimum absolute atomic E-state index is 0.0246. The number of aliphatic carboxylic acids is 1. The largest absolute Gasteiger partial charge is 0.480 e. The van der Waals surface area contributed by atoms with Gasteiger partial charge in [-0.3, -0.25) is 19.2 Å². The molecule has 1 rings (SSSR count). The molecule has 0 spiro atoms. The quantitative estimate of drug-likeness (QED) is 0.103. The topological polar surface area (TPSA) is 240 Å². The first-order chi connectivity index (χ1) is 17.1. The van der Waals surface area contributed by atoms with E-state index in [1.165, 1.54) is 0 Å². The number of unbranched alkanes of at least 4 members (excludes halogenated alkanes) is 1. The summed E-state index contributed by atoms with van der Waals surface area (Å²) in [5.41, 5.74) is 17.0. The highest BCUT2D eigenvalue weighted by molar-refractivity contribution is 5.94. The van der Waals surface area contributed by atoms with Gasteiger partial charge in [-0.25, -0.2) is 4.79 Å². The Hall–Kier alpha value is -3.55. The summed E-state index contributed by atoms with van der Waals surface area (Å²) in [6.07, 6.45) is 1.06. The molecule has 13 nitrogen and oxygen atoms in total. The Bertz CT molecular complexity index is 883. The van der Waals surface area contributed by atoms with Crippen molar-refractivity contribution in [3.63, 3.8) is 0 Å². The van der Waals surface area contributed by atoms with Crippen molar-refractivity contribution in [3.05, 3.63) is 35.9 Å². The molecule has 4 amide bonds. The van der Waals surface area contributed by atoms with Gasteiger partial charge in [-0.2, -0.15) is 0 Å². The molecule has 0 aliphatic heterocycles. The number of primary amides is 1. The number of aliphatic hydroxyl groups is 1. The highest BCUT2D eigenvalue weighted by atomic mass is 16.4. The third kappa shape index (κ3) is 11.3. The Balaban J connectivity index is 2.93. The van der Waals surface area contributed by atoms with Gasteiger partial charge in [0.1, 0.15) is 18.1 Å². The highest BCUT2D eigenvalue weighted by Gasteiger charge is 2.30. The average molecular weight is 509 g/mol. The average Bonchev–Trinajstić information content (AvgIpc) is 2.84. The molecule has 1 aromatic carbocycles. The second-order valence-electron chi connectivity index (χ2n) is 8.29. The second-order valence-corrected chi connectivity index (χ2v) is 8.29. The third-order valence-corrected chi connectivity index (χ3v) is 5.33. The summed E-state index contributed by atoms with van der Waals surface area (Å²) < 4.78 is 0. The van der Waals surface area contributed by atoms with E-state index in [4.69, 9.17) is 17.2 Å². The van der Waals surface area contributed by atoms with Gasteiger partial charge in [0.25, 0.3) is 0 Å². The maximum atomic E-state index is 13.0. The van der Waals surface area contributed by atoms with Crippen LogP contribution in [0.3, 0.4) is 0 Å². The zero-order valence-electron chi connectivity index (χ0n) is 20.0. The summed E-state index contributed by atoms with van der Waals surface area (Å²) in [5.74, 6) is -4.28. The molecule has 200 valence electrons. The summed E-state index contributed by atoms with van der Waals surface area (Å²) in [6.45, 7) is -0.437. The Morgan fingerprint density at radius 2 is 1.42 bits per heavy atom. The fourth-order valence-electron chi connectivity index (χ4n) is 3.26. The SMILES string of the molecule is NCCCCC(NC(=O)C(CO)NC(=O)C(Cc1ccccc1)NC(=O)C(N)CCC(N)=O)C(=O)O. The summed E-state index contributed by atoms with van der Waals surface area (Å²) in [5, 5.41) is 26.2. The summed E-state index contributed by atoms with van der Waals surface area (Å²) >= 11 is 0. The van der Waals surface area contributed by atoms with Crippen molar-refractivity contribution in [2.75, 3.05) is 13.2 Å². The van der Waals surface area contributed by atoms with Crippen molar-refractivity contribution in [3.8, 4) is 0 Å². The second kappa shape index (κ2) is 16.2. The van der Waals surface area contributed by atoms with Crippen LogP contribution in [0.5, 0.6) is 0 Å². The molecule has 0 fully saturated rings. The maximum Gasteiger partial charge on any atom is 0.326 e. The molecule has 0 heterocycles. The molecule has 4 unspecified atom stereocenters. The van der Waals surface area contributed by atoms with Gasteiger partial charge in [0.15, 0.2) is 0 Å². The van der Waals surface area contributed by atoms with E-state index in [0.717, 1.165) is 0 Å². The van der Waals surface area contributed by atoms with Gasteiger partial charge < -0.3 is 43.4 Å². The molecule has 0 radical (unpaired) electrons. The number of carbonyl (C=O) groups is 5. The molecule has 1 aromatic rings. The van der Waals surface area contributed by atoms with E-state index in [9.17, 15) is 34.2 Å². The minimum atomic E-state index is -1.47. The van der Waals surface area contributed by atoms with Gasteiger partial charge in [-0.1, -0.05) is 30.3 Å². The molecule has 4 atom stereocenters. The van der Waals surface area contributed by atoms with Gasteiger partial charge in [0.05, 0.1) is 12.6 Å². The van der Waals surface area contributed by atoms with Crippen LogP contribution in [0.2, 0.25) is 0 Å². The van der Waals surface area contributed by atoms with Gasteiger partial charge >= 0.3 is 5.97 Å². The number of hydrogen-bond acceptors (Lipinski definition) is 8. The van der Waals surface area contributed by atoms with E-state index in [2.05, 4.69) is 16.0 Å². The summed E-state index contributed by atoms with van der Waals surface area (Å²) in [4.78, 5) is 60.6. The molecule has 0 aliphatic rings. The minimum Gasteiger partial charge on any atom is -0.480 e. The van der Waals surface area contributed by atoms with Crippen LogP contribution in [0.25, 0.3) is 0 Å². The van der Waals surface area contributed by atoms with Crippen molar-refractivity contribution < 1.29 is 34.2 Å². The maximum absolute atomic E-state index is 13.0. The van der Waals surface area contributed by atoms with Crippen molar-refractivity contribution >= 4 is 29.6 Å². The van der Waals surface area contributed by atoms with Crippen LogP contribution in [-0.4, -0.2) is 77.1 Å². The predicted molar refractivity (Wildman–Crippen MR) is 130 cm³/mol. The van der Waals surface area contributed by atoms with Crippen molar-refractivity contribution in [2.24, 2.45) is 17.2 Å². The van der Waals surface area contributed by atoms with E-state index < -0.39 is 60.4 Å². The Labute approximate surface area is 209 Å². The van der Waals surface area contributed by atoms with E-state index in [0.29, 0.717) is 24.9 Å². The number of carboxylic acids is 1. The molecule has 0 aromatic heterocycles. The van der Waals surface area contributed by atoms with Gasteiger partial charge in [-0.05, 0) is 37.8 Å². The molecule has 0 bridgehead atoms. The number of nitrogens with one attached hydrogen (secondary N) is 3. The monoisotopic (exact) mass is 508 g/mol. The van der Waals surface area contributed by atoms with Crippen molar-refractivity contribution in [1.82, 2.24) is 16.0 Å². The normalized spacial score (nSPS) is 14.1. The number of carbonyl (C=O) groups excluding carboxylic acids is 4. The fourth-order valence-corrected chi connectivity index (χ4v) is 3.26. The van der Waals surface area contributed by atoms with Crippen LogP contribution >= 0.6 is 0 Å². The first kappa shape index (κ1) is 30.5. The summed E-state index contributed by atoms with van der Waals surface area (Å²) in [6, 6.07) is 3.74. The lowest BCUT2D eigenvalue weighted by atomic mass is 10.0. The molecular formula is C23H36N6O7. The fraction of sp³-hybridized carbons (Fsp3) is 0.522. The first-order valence-electron chi connectivity index (χ1n) is 11.6. The van der Waals surface area contributed by atoms with Crippen LogP contribution < -0.4 is 33.2 Å². The smallest absolute Gasteiger partial charge is 0.326 e. The number of benzene rings is 1. The highest BCUT2D eigenvalue weighted by Crippen LogP contribution is 2.06. The molecular weight excluding hydrogens is 472 g/mol.